The van der Waals surface area contributed by atoms with Crippen molar-refractivity contribution < 1.29 is 18.1 Å². The third kappa shape index (κ3) is 5.30. The highest BCUT2D eigenvalue weighted by atomic mass is 35.5. The van der Waals surface area contributed by atoms with E-state index < -0.39 is 20.7 Å². The number of nitrogens with zero attached hydrogens (tertiary/aromatic N) is 1. The van der Waals surface area contributed by atoms with Gasteiger partial charge in [0.1, 0.15) is 0 Å². The number of nitrogens with one attached hydrogen (secondary N) is 1. The Morgan fingerprint density at radius 1 is 1.14 bits per heavy atom. The fourth-order valence-corrected chi connectivity index (χ4v) is 3.84. The summed E-state index contributed by atoms with van der Waals surface area (Å²) in [6.45, 7) is 5.95. The molecule has 0 aromatic heterocycles. The molecule has 1 N–H and O–H groups in total. The molecule has 2 aromatic carbocycles. The molecule has 0 fully saturated rings. The topological polar surface area (TPSA) is 106 Å². The number of amides is 1. The molecule has 9 heteroatoms. The summed E-state index contributed by atoms with van der Waals surface area (Å²) in [5.74, 6) is -0.979. The molecule has 0 heterocycles. The smallest absolute Gasteiger partial charge is 0.270 e. The average Bonchev–Trinajstić information content (AvgIpc) is 2.61. The highest BCUT2D eigenvalue weighted by molar-refractivity contribution is 7.91. The summed E-state index contributed by atoms with van der Waals surface area (Å²) in [7, 11) is -3.59. The van der Waals surface area contributed by atoms with Crippen LogP contribution in [0.3, 0.4) is 0 Å². The van der Waals surface area contributed by atoms with Crippen LogP contribution in [-0.2, 0) is 15.3 Å². The molecule has 2 aromatic rings. The minimum atomic E-state index is -3.59. The van der Waals surface area contributed by atoms with Gasteiger partial charge in [-0.1, -0.05) is 44.5 Å². The van der Waals surface area contributed by atoms with Gasteiger partial charge in [0.05, 0.1) is 26.2 Å². The zero-order valence-corrected chi connectivity index (χ0v) is 17.3. The Kier molecular flexibility index (Phi) is 6.46. The Labute approximate surface area is 168 Å². The van der Waals surface area contributed by atoms with Crippen LogP contribution in [0.5, 0.6) is 0 Å². The number of benzene rings is 2. The number of nitro groups is 1. The second-order valence-electron chi connectivity index (χ2n) is 7.27. The van der Waals surface area contributed by atoms with Gasteiger partial charge in [0, 0.05) is 18.7 Å². The molecular formula is C19H21ClN2O5S. The summed E-state index contributed by atoms with van der Waals surface area (Å²) in [4.78, 5) is 22.6. The number of sulfone groups is 1. The highest BCUT2D eigenvalue weighted by Crippen LogP contribution is 2.24. The van der Waals surface area contributed by atoms with Crippen molar-refractivity contribution in [3.05, 3.63) is 68.7 Å². The van der Waals surface area contributed by atoms with E-state index in [2.05, 4.69) is 5.32 Å². The number of carbonyl (C=O) groups excluding carboxylic acids is 1. The lowest BCUT2D eigenvalue weighted by atomic mass is 9.87. The number of rotatable bonds is 6. The number of carbonyl (C=O) groups is 1. The summed E-state index contributed by atoms with van der Waals surface area (Å²) in [5, 5.41) is 13.3. The van der Waals surface area contributed by atoms with Gasteiger partial charge in [-0.25, -0.2) is 8.42 Å². The van der Waals surface area contributed by atoms with Gasteiger partial charge in [0.2, 0.25) is 0 Å². The van der Waals surface area contributed by atoms with Crippen molar-refractivity contribution in [3.8, 4) is 0 Å². The maximum atomic E-state index is 12.5. The van der Waals surface area contributed by atoms with Crippen LogP contribution in [-0.4, -0.2) is 31.5 Å². The van der Waals surface area contributed by atoms with Crippen molar-refractivity contribution in [2.45, 2.75) is 31.1 Å². The lowest BCUT2D eigenvalue weighted by Gasteiger charge is -2.19. The first-order chi connectivity index (χ1) is 12.9. The fraction of sp³-hybridized carbons (Fsp3) is 0.316. The molecule has 7 nitrogen and oxygen atoms in total. The maximum absolute atomic E-state index is 12.5. The molecule has 0 spiro atoms. The summed E-state index contributed by atoms with van der Waals surface area (Å²) < 4.78 is 24.9. The standard InChI is InChI=1S/C19H21ClN2O5S/c1-19(2,3)13-4-7-15(8-5-13)28(26,27)11-10-21-18(23)16-12-14(22(24)25)6-9-17(16)20/h4-9,12H,10-11H2,1-3H3,(H,21,23). The van der Waals surface area contributed by atoms with E-state index in [0.717, 1.165) is 11.6 Å². The quantitative estimate of drug-likeness (QED) is 0.561. The van der Waals surface area contributed by atoms with E-state index in [1.54, 1.807) is 24.3 Å². The summed E-state index contributed by atoms with van der Waals surface area (Å²) in [6.07, 6.45) is 0. The molecule has 150 valence electrons. The van der Waals surface area contributed by atoms with Crippen molar-refractivity contribution >= 4 is 33.0 Å². The van der Waals surface area contributed by atoms with E-state index in [4.69, 9.17) is 11.6 Å². The predicted octanol–water partition coefficient (Wildman–Crippen LogP) is 3.75. The van der Waals surface area contributed by atoms with Crippen LogP contribution < -0.4 is 5.32 Å². The van der Waals surface area contributed by atoms with Crippen molar-refractivity contribution in [2.24, 2.45) is 0 Å². The molecule has 0 aliphatic carbocycles. The average molecular weight is 425 g/mol. The first kappa shape index (κ1) is 21.8. The number of hydrogen-bond acceptors (Lipinski definition) is 5. The Morgan fingerprint density at radius 2 is 1.75 bits per heavy atom. The van der Waals surface area contributed by atoms with Crippen LogP contribution >= 0.6 is 11.6 Å². The summed E-state index contributed by atoms with van der Waals surface area (Å²) >= 11 is 5.91. The Morgan fingerprint density at radius 3 is 2.29 bits per heavy atom. The van der Waals surface area contributed by atoms with Crippen LogP contribution in [0.25, 0.3) is 0 Å². The van der Waals surface area contributed by atoms with Gasteiger partial charge in [-0.2, -0.15) is 0 Å². The van der Waals surface area contributed by atoms with Gasteiger partial charge >= 0.3 is 0 Å². The number of hydrogen-bond donors (Lipinski definition) is 1. The molecule has 2 rings (SSSR count). The van der Waals surface area contributed by atoms with Crippen LogP contribution in [0, 0.1) is 10.1 Å². The first-order valence-corrected chi connectivity index (χ1v) is 10.5. The van der Waals surface area contributed by atoms with E-state index >= 15 is 0 Å². The van der Waals surface area contributed by atoms with Gasteiger partial charge in [0.25, 0.3) is 11.6 Å². The molecule has 0 saturated carbocycles. The van der Waals surface area contributed by atoms with Crippen LogP contribution in [0.4, 0.5) is 5.69 Å². The van der Waals surface area contributed by atoms with Crippen LogP contribution in [0.1, 0.15) is 36.7 Å². The normalized spacial score (nSPS) is 11.9. The van der Waals surface area contributed by atoms with Gasteiger partial charge < -0.3 is 5.32 Å². The largest absolute Gasteiger partial charge is 0.351 e. The Balaban J connectivity index is 2.05. The fourth-order valence-electron chi connectivity index (χ4n) is 2.48. The summed E-state index contributed by atoms with van der Waals surface area (Å²) in [5.41, 5.74) is 0.567. The first-order valence-electron chi connectivity index (χ1n) is 8.47. The number of non-ortho nitro benzene ring substituents is 1. The second kappa shape index (κ2) is 8.28. The Bertz CT molecular complexity index is 996. The third-order valence-electron chi connectivity index (χ3n) is 4.14. The molecule has 0 unspecified atom stereocenters. The zero-order chi connectivity index (χ0) is 21.1. The minimum absolute atomic E-state index is 0.0451. The van der Waals surface area contributed by atoms with E-state index in [1.165, 1.54) is 12.1 Å². The van der Waals surface area contributed by atoms with Crippen LogP contribution in [0.2, 0.25) is 5.02 Å². The van der Waals surface area contributed by atoms with E-state index in [0.29, 0.717) is 0 Å². The molecule has 0 saturated heterocycles. The van der Waals surface area contributed by atoms with Gasteiger partial charge in [0.15, 0.2) is 9.84 Å². The van der Waals surface area contributed by atoms with Crippen molar-refractivity contribution in [1.29, 1.82) is 0 Å². The van der Waals surface area contributed by atoms with Crippen molar-refractivity contribution in [3.63, 3.8) is 0 Å². The SMILES string of the molecule is CC(C)(C)c1ccc(S(=O)(=O)CCNC(=O)c2cc([N+](=O)[O-])ccc2Cl)cc1. The molecule has 0 radical (unpaired) electrons. The minimum Gasteiger partial charge on any atom is -0.351 e. The zero-order valence-electron chi connectivity index (χ0n) is 15.7. The van der Waals surface area contributed by atoms with Gasteiger partial charge in [-0.3, -0.25) is 14.9 Å². The molecule has 0 aliphatic rings. The van der Waals surface area contributed by atoms with Crippen molar-refractivity contribution in [2.75, 3.05) is 12.3 Å². The lowest BCUT2D eigenvalue weighted by molar-refractivity contribution is -0.384. The molecule has 1 amide bonds. The third-order valence-corrected chi connectivity index (χ3v) is 6.20. The van der Waals surface area contributed by atoms with E-state index in [-0.39, 0.29) is 38.9 Å². The van der Waals surface area contributed by atoms with Crippen molar-refractivity contribution in [1.82, 2.24) is 5.32 Å². The molecular weight excluding hydrogens is 404 g/mol. The summed E-state index contributed by atoms with van der Waals surface area (Å²) in [6, 6.07) is 10.1. The molecule has 28 heavy (non-hydrogen) atoms. The predicted molar refractivity (Wildman–Crippen MR) is 108 cm³/mol. The molecule has 0 aliphatic heterocycles. The molecule has 0 atom stereocenters. The van der Waals surface area contributed by atoms with E-state index in [9.17, 15) is 23.3 Å². The highest BCUT2D eigenvalue weighted by Gasteiger charge is 2.19. The lowest BCUT2D eigenvalue weighted by Crippen LogP contribution is -2.29. The maximum Gasteiger partial charge on any atom is 0.270 e. The van der Waals surface area contributed by atoms with Crippen LogP contribution in [0.15, 0.2) is 47.4 Å². The molecule has 0 bridgehead atoms. The number of nitro benzene ring substituents is 1. The second-order valence-corrected chi connectivity index (χ2v) is 9.79. The monoisotopic (exact) mass is 424 g/mol. The number of halogens is 1. The van der Waals surface area contributed by atoms with Gasteiger partial charge in [-0.05, 0) is 29.2 Å². The van der Waals surface area contributed by atoms with Gasteiger partial charge in [-0.15, -0.1) is 0 Å². The Hall–Kier alpha value is -2.45. The van der Waals surface area contributed by atoms with E-state index in [1.807, 2.05) is 20.8 Å².